The Morgan fingerprint density at radius 3 is 2.18 bits per heavy atom. The number of hydrogen-bond acceptors (Lipinski definition) is 4. The lowest BCUT2D eigenvalue weighted by Gasteiger charge is -2.27. The van der Waals surface area contributed by atoms with Crippen molar-refractivity contribution >= 4 is 5.95 Å². The van der Waals surface area contributed by atoms with E-state index in [4.69, 9.17) is 5.73 Å². The van der Waals surface area contributed by atoms with Gasteiger partial charge in [0.25, 0.3) is 0 Å². The van der Waals surface area contributed by atoms with E-state index in [1.807, 2.05) is 0 Å². The molecule has 0 atom stereocenters. The molecule has 17 heavy (non-hydrogen) atoms. The Bertz CT molecular complexity index is 348. The molecular weight excluding hydrogens is 233 g/mol. The Balaban J connectivity index is 2.89. The van der Waals surface area contributed by atoms with Crippen LogP contribution in [0.5, 0.6) is 0 Å². The fourth-order valence-electron chi connectivity index (χ4n) is 1.28. The molecule has 0 aliphatic carbocycles. The Morgan fingerprint density at radius 2 is 1.82 bits per heavy atom. The van der Waals surface area contributed by atoms with Gasteiger partial charge in [-0.3, -0.25) is 0 Å². The maximum Gasteiger partial charge on any atom is 0.406 e. The molecule has 0 bridgehead atoms. The minimum atomic E-state index is -4.28. The summed E-state index contributed by atoms with van der Waals surface area (Å²) in [4.78, 5) is 8.88. The lowest BCUT2D eigenvalue weighted by molar-refractivity contribution is -0.120. The van der Waals surface area contributed by atoms with Crippen LogP contribution in [0.1, 0.15) is 19.4 Å². The van der Waals surface area contributed by atoms with E-state index in [1.54, 1.807) is 13.8 Å². The fraction of sp³-hybridized carbons (Fsp3) is 0.600. The lowest BCUT2D eigenvalue weighted by Crippen LogP contribution is -2.40. The van der Waals surface area contributed by atoms with Crippen molar-refractivity contribution in [2.24, 2.45) is 5.73 Å². The third-order valence-corrected chi connectivity index (χ3v) is 2.16. The van der Waals surface area contributed by atoms with Crippen LogP contribution in [0.25, 0.3) is 0 Å². The minimum Gasteiger partial charge on any atom is -0.329 e. The lowest BCUT2D eigenvalue weighted by atomic mass is 10.3. The van der Waals surface area contributed by atoms with Crippen LogP contribution in [-0.2, 0) is 6.54 Å². The molecule has 96 valence electrons. The first kappa shape index (κ1) is 13.7. The van der Waals surface area contributed by atoms with E-state index in [9.17, 15) is 13.2 Å². The number of aromatic nitrogens is 2. The predicted molar refractivity (Wildman–Crippen MR) is 58.5 cm³/mol. The highest BCUT2D eigenvalue weighted by Crippen LogP contribution is 2.21. The summed E-state index contributed by atoms with van der Waals surface area (Å²) in [5.41, 5.74) is 6.05. The molecular formula is C10H15F3N4. The summed E-state index contributed by atoms with van der Waals surface area (Å²) in [6, 6.07) is -0.333. The first-order valence-electron chi connectivity index (χ1n) is 5.18. The van der Waals surface area contributed by atoms with Crippen molar-refractivity contribution in [3.63, 3.8) is 0 Å². The Hall–Kier alpha value is -1.37. The summed E-state index contributed by atoms with van der Waals surface area (Å²) in [6.45, 7) is 2.52. The van der Waals surface area contributed by atoms with Crippen molar-refractivity contribution in [1.29, 1.82) is 0 Å². The van der Waals surface area contributed by atoms with Gasteiger partial charge in [-0.1, -0.05) is 0 Å². The zero-order valence-corrected chi connectivity index (χ0v) is 9.70. The van der Waals surface area contributed by atoms with Gasteiger partial charge in [0.1, 0.15) is 6.54 Å². The SMILES string of the molecule is CC(C)N(CC(F)(F)F)c1ncc(CN)cn1. The molecule has 4 nitrogen and oxygen atoms in total. The first-order valence-corrected chi connectivity index (χ1v) is 5.18. The fourth-order valence-corrected chi connectivity index (χ4v) is 1.28. The second kappa shape index (κ2) is 5.31. The van der Waals surface area contributed by atoms with E-state index in [0.29, 0.717) is 5.56 Å². The number of nitrogens with zero attached hydrogens (tertiary/aromatic N) is 3. The van der Waals surface area contributed by atoms with E-state index in [1.165, 1.54) is 12.4 Å². The van der Waals surface area contributed by atoms with Gasteiger partial charge in [0.05, 0.1) is 0 Å². The second-order valence-corrected chi connectivity index (χ2v) is 3.93. The van der Waals surface area contributed by atoms with E-state index in [0.717, 1.165) is 4.90 Å². The number of halogens is 3. The molecule has 1 aromatic heterocycles. The van der Waals surface area contributed by atoms with Gasteiger partial charge in [0.15, 0.2) is 0 Å². The molecule has 0 aliphatic rings. The molecule has 0 radical (unpaired) electrons. The van der Waals surface area contributed by atoms with Crippen molar-refractivity contribution < 1.29 is 13.2 Å². The zero-order valence-electron chi connectivity index (χ0n) is 9.70. The molecule has 0 saturated carbocycles. The molecule has 0 aromatic carbocycles. The van der Waals surface area contributed by atoms with Crippen LogP contribution in [0.3, 0.4) is 0 Å². The van der Waals surface area contributed by atoms with Gasteiger partial charge >= 0.3 is 6.18 Å². The molecule has 1 heterocycles. The molecule has 1 rings (SSSR count). The van der Waals surface area contributed by atoms with Crippen LogP contribution in [0.15, 0.2) is 12.4 Å². The molecule has 0 aliphatic heterocycles. The monoisotopic (exact) mass is 248 g/mol. The molecule has 0 spiro atoms. The van der Waals surface area contributed by atoms with Crippen LogP contribution in [0, 0.1) is 0 Å². The van der Waals surface area contributed by atoms with Gasteiger partial charge in [0.2, 0.25) is 5.95 Å². The zero-order chi connectivity index (χ0) is 13.1. The van der Waals surface area contributed by atoms with Crippen LogP contribution >= 0.6 is 0 Å². The van der Waals surface area contributed by atoms with Gasteiger partial charge in [-0.25, -0.2) is 9.97 Å². The van der Waals surface area contributed by atoms with E-state index >= 15 is 0 Å². The van der Waals surface area contributed by atoms with Crippen molar-refractivity contribution in [3.05, 3.63) is 18.0 Å². The van der Waals surface area contributed by atoms with Gasteiger partial charge < -0.3 is 10.6 Å². The van der Waals surface area contributed by atoms with Crippen molar-refractivity contribution in [3.8, 4) is 0 Å². The summed E-state index contributed by atoms with van der Waals surface area (Å²) >= 11 is 0. The Labute approximate surface area is 97.7 Å². The second-order valence-electron chi connectivity index (χ2n) is 3.93. The molecule has 0 fully saturated rings. The molecule has 7 heteroatoms. The number of anilines is 1. The smallest absolute Gasteiger partial charge is 0.329 e. The number of nitrogens with two attached hydrogens (primary N) is 1. The predicted octanol–water partition coefficient (Wildman–Crippen LogP) is 1.71. The minimum absolute atomic E-state index is 0.0644. The van der Waals surface area contributed by atoms with Crippen molar-refractivity contribution in [2.75, 3.05) is 11.4 Å². The van der Waals surface area contributed by atoms with Gasteiger partial charge in [0, 0.05) is 30.5 Å². The molecule has 1 aromatic rings. The average molecular weight is 248 g/mol. The largest absolute Gasteiger partial charge is 0.406 e. The van der Waals surface area contributed by atoms with Gasteiger partial charge in [-0.05, 0) is 13.8 Å². The first-order chi connectivity index (χ1) is 7.83. The van der Waals surface area contributed by atoms with Gasteiger partial charge in [-0.15, -0.1) is 0 Å². The summed E-state index contributed by atoms with van der Waals surface area (Å²) < 4.78 is 37.1. The van der Waals surface area contributed by atoms with Crippen molar-refractivity contribution in [2.45, 2.75) is 32.6 Å². The summed E-state index contributed by atoms with van der Waals surface area (Å²) in [6.07, 6.45) is -1.40. The van der Waals surface area contributed by atoms with E-state index < -0.39 is 12.7 Å². The number of rotatable bonds is 4. The normalized spacial score (nSPS) is 11.9. The van der Waals surface area contributed by atoms with E-state index in [-0.39, 0.29) is 18.5 Å². The van der Waals surface area contributed by atoms with Crippen LogP contribution in [0.4, 0.5) is 19.1 Å². The highest BCUT2D eigenvalue weighted by Gasteiger charge is 2.33. The molecule has 0 unspecified atom stereocenters. The summed E-state index contributed by atoms with van der Waals surface area (Å²) in [5, 5.41) is 0. The number of alkyl halides is 3. The third-order valence-electron chi connectivity index (χ3n) is 2.16. The van der Waals surface area contributed by atoms with Crippen LogP contribution in [-0.4, -0.2) is 28.7 Å². The molecule has 0 amide bonds. The van der Waals surface area contributed by atoms with Gasteiger partial charge in [-0.2, -0.15) is 13.2 Å². The summed E-state index contributed by atoms with van der Waals surface area (Å²) in [7, 11) is 0. The topological polar surface area (TPSA) is 55.0 Å². The van der Waals surface area contributed by atoms with Crippen LogP contribution in [0.2, 0.25) is 0 Å². The number of hydrogen-bond donors (Lipinski definition) is 1. The standard InChI is InChI=1S/C10H15F3N4/c1-7(2)17(6-10(11,12)13)9-15-4-8(3-14)5-16-9/h4-5,7H,3,6,14H2,1-2H3. The highest BCUT2D eigenvalue weighted by molar-refractivity contribution is 5.31. The third kappa shape index (κ3) is 4.18. The summed E-state index contributed by atoms with van der Waals surface area (Å²) in [5.74, 6) is 0.0644. The Morgan fingerprint density at radius 1 is 1.29 bits per heavy atom. The molecule has 0 saturated heterocycles. The molecule has 2 N–H and O–H groups in total. The van der Waals surface area contributed by atoms with Crippen LogP contribution < -0.4 is 10.6 Å². The quantitative estimate of drug-likeness (QED) is 0.881. The highest BCUT2D eigenvalue weighted by atomic mass is 19.4. The maximum absolute atomic E-state index is 12.4. The van der Waals surface area contributed by atoms with Crippen molar-refractivity contribution in [1.82, 2.24) is 9.97 Å². The van der Waals surface area contributed by atoms with E-state index in [2.05, 4.69) is 9.97 Å². The maximum atomic E-state index is 12.4. The average Bonchev–Trinajstić information content (AvgIpc) is 2.25. The Kier molecular flexibility index (Phi) is 4.28.